The molecule has 4 aromatic carbocycles. The molecule has 20 nitrogen and oxygen atoms in total. The molecule has 5 aliphatic rings. The second kappa shape index (κ2) is 28.9. The van der Waals surface area contributed by atoms with E-state index in [0.29, 0.717) is 88.9 Å². The van der Waals surface area contributed by atoms with Gasteiger partial charge in [-0.3, -0.25) is 19.2 Å². The van der Waals surface area contributed by atoms with Gasteiger partial charge in [-0.15, -0.1) is 0 Å². The minimum Gasteiger partial charge on any atom is -0.273 e. The van der Waals surface area contributed by atoms with E-state index in [1.165, 1.54) is 51.4 Å². The van der Waals surface area contributed by atoms with Crippen LogP contribution in [0.25, 0.3) is 0 Å². The highest BCUT2D eigenvalue weighted by atomic mass is 19.1. The van der Waals surface area contributed by atoms with Crippen LogP contribution in [-0.4, -0.2) is 134 Å². The molecule has 480 valence electrons. The number of halogens is 3. The summed E-state index contributed by atoms with van der Waals surface area (Å²) in [5, 5.41) is 13.7. The van der Waals surface area contributed by atoms with Crippen molar-refractivity contribution >= 4 is 47.4 Å². The number of hydrazine groups is 4. The summed E-state index contributed by atoms with van der Waals surface area (Å²) in [5.41, 5.74) is 4.76. The minimum atomic E-state index is -0.327. The van der Waals surface area contributed by atoms with Gasteiger partial charge in [-0.2, -0.15) is 0 Å². The summed E-state index contributed by atoms with van der Waals surface area (Å²) in [6.45, 7) is 12.9. The zero-order valence-corrected chi connectivity index (χ0v) is 53.9. The number of aromatic nitrogens is 8. The highest BCUT2D eigenvalue weighted by Gasteiger charge is 2.46. The molecule has 0 radical (unpaired) electrons. The van der Waals surface area contributed by atoms with Gasteiger partial charge >= 0.3 is 0 Å². The van der Waals surface area contributed by atoms with Crippen molar-refractivity contribution in [3.05, 3.63) is 215 Å². The summed E-state index contributed by atoms with van der Waals surface area (Å²) in [7, 11) is 5.56. The van der Waals surface area contributed by atoms with Crippen molar-refractivity contribution in [1.29, 1.82) is 0 Å². The number of hydrogen-bond acceptors (Lipinski definition) is 16. The molecule has 8 aromatic rings. The number of benzene rings is 4. The Hall–Kier alpha value is -11.1. The summed E-state index contributed by atoms with van der Waals surface area (Å²) < 4.78 is 38.8. The lowest BCUT2D eigenvalue weighted by atomic mass is 10.0. The summed E-state index contributed by atoms with van der Waals surface area (Å²) in [6.07, 6.45) is 16.7. The van der Waals surface area contributed by atoms with Crippen LogP contribution < -0.4 is 20.0 Å². The molecule has 23 heteroatoms. The number of anilines is 4. The van der Waals surface area contributed by atoms with E-state index in [-0.39, 0.29) is 57.7 Å². The quantitative estimate of drug-likeness (QED) is 0.151. The van der Waals surface area contributed by atoms with Crippen molar-refractivity contribution in [1.82, 2.24) is 59.9 Å². The number of amides is 4. The van der Waals surface area contributed by atoms with Crippen LogP contribution in [0.15, 0.2) is 153 Å². The van der Waals surface area contributed by atoms with Gasteiger partial charge in [0, 0.05) is 148 Å². The fraction of sp³-hybridized carbons (Fsp3) is 0.278. The zero-order valence-electron chi connectivity index (χ0n) is 53.9. The second-order valence-electron chi connectivity index (χ2n) is 24.5. The van der Waals surface area contributed by atoms with Crippen molar-refractivity contribution in [2.24, 2.45) is 0 Å². The highest BCUT2D eigenvalue weighted by Crippen LogP contribution is 2.34. The van der Waals surface area contributed by atoms with Gasteiger partial charge in [0.2, 0.25) is 47.4 Å². The SMILES string of the molecule is CN1N(c2ncc(C#Cc3ccc(F)cc3)cn2)C(=O)CC1(C)C.CN1N(c2ncc(C#Cc3cccc(F)c3)cn2)C(=O)CC1(C)C.CN1N(c2ncc(C#Cc3ccccc3)cn2)C(=O)CC1(C)C.O=C1CC2CCCN2N1c1ncc(C#Cc2ccc(F)cc2)cn1. The molecule has 5 fully saturated rings. The zero-order chi connectivity index (χ0) is 67.6. The van der Waals surface area contributed by atoms with Gasteiger partial charge in [0.15, 0.2) is 0 Å². The molecule has 1 atom stereocenters. The Bertz CT molecular complexity index is 4280. The lowest BCUT2D eigenvalue weighted by Crippen LogP contribution is -2.45. The molecule has 4 aromatic heterocycles. The first-order valence-electron chi connectivity index (χ1n) is 30.4. The molecule has 9 heterocycles. The van der Waals surface area contributed by atoms with E-state index in [1.807, 2.05) is 108 Å². The van der Waals surface area contributed by atoms with Crippen LogP contribution >= 0.6 is 0 Å². The molecule has 13 rings (SSSR count). The van der Waals surface area contributed by atoms with Crippen LogP contribution in [0.5, 0.6) is 0 Å². The Balaban J connectivity index is 0.000000138. The lowest BCUT2D eigenvalue weighted by Gasteiger charge is -2.31. The van der Waals surface area contributed by atoms with Crippen LogP contribution in [0.1, 0.15) is 125 Å². The minimum absolute atomic E-state index is 0.000574. The first kappa shape index (κ1) is 66.9. The third-order valence-corrected chi connectivity index (χ3v) is 16.2. The van der Waals surface area contributed by atoms with E-state index in [4.69, 9.17) is 0 Å². The molecule has 4 amide bonds. The number of carbonyl (C=O) groups excluding carboxylic acids is 4. The third kappa shape index (κ3) is 16.4. The maximum absolute atomic E-state index is 13.1. The average molecular weight is 1280 g/mol. The maximum Gasteiger partial charge on any atom is 0.247 e. The van der Waals surface area contributed by atoms with E-state index < -0.39 is 0 Å². The van der Waals surface area contributed by atoms with Gasteiger partial charge in [0.05, 0.1) is 22.3 Å². The Morgan fingerprint density at radius 3 is 1.02 bits per heavy atom. The summed E-state index contributed by atoms with van der Waals surface area (Å²) in [4.78, 5) is 82.8. The Morgan fingerprint density at radius 2 is 0.684 bits per heavy atom. The van der Waals surface area contributed by atoms with Crippen LogP contribution in [0.3, 0.4) is 0 Å². The molecule has 5 saturated heterocycles. The number of hydrogen-bond donors (Lipinski definition) is 0. The van der Waals surface area contributed by atoms with Crippen LogP contribution in [0.4, 0.5) is 37.0 Å². The van der Waals surface area contributed by atoms with Gasteiger partial charge in [0.1, 0.15) is 17.5 Å². The van der Waals surface area contributed by atoms with Gasteiger partial charge in [-0.1, -0.05) is 71.6 Å². The average Bonchev–Trinajstić information content (AvgIpc) is 1.67. The molecule has 0 aliphatic carbocycles. The summed E-state index contributed by atoms with van der Waals surface area (Å²) in [6, 6.07) is 28.0. The van der Waals surface area contributed by atoms with Gasteiger partial charge in [-0.05, 0) is 133 Å². The summed E-state index contributed by atoms with van der Waals surface area (Å²) in [5.74, 6) is 24.1. The van der Waals surface area contributed by atoms with E-state index >= 15 is 0 Å². The maximum atomic E-state index is 13.1. The first-order chi connectivity index (χ1) is 45.4. The monoisotopic (exact) mass is 1280 g/mol. The Morgan fingerprint density at radius 1 is 0.368 bits per heavy atom. The van der Waals surface area contributed by atoms with Crippen LogP contribution in [-0.2, 0) is 19.2 Å². The normalized spacial score (nSPS) is 17.7. The fourth-order valence-corrected chi connectivity index (χ4v) is 10.4. The smallest absolute Gasteiger partial charge is 0.247 e. The predicted molar refractivity (Wildman–Crippen MR) is 351 cm³/mol. The Kier molecular flexibility index (Phi) is 20.3. The van der Waals surface area contributed by atoms with Crippen molar-refractivity contribution in [3.63, 3.8) is 0 Å². The molecule has 0 saturated carbocycles. The molecule has 0 N–H and O–H groups in total. The molecule has 95 heavy (non-hydrogen) atoms. The summed E-state index contributed by atoms with van der Waals surface area (Å²) >= 11 is 0. The van der Waals surface area contributed by atoms with Crippen LogP contribution in [0.2, 0.25) is 0 Å². The van der Waals surface area contributed by atoms with Crippen molar-refractivity contribution in [2.75, 3.05) is 47.7 Å². The number of nitrogens with zero attached hydrogens (tertiary/aromatic N) is 16. The molecule has 0 spiro atoms. The molecule has 5 aliphatic heterocycles. The topological polar surface area (TPSA) is 197 Å². The Labute approximate surface area is 549 Å². The fourth-order valence-electron chi connectivity index (χ4n) is 10.4. The highest BCUT2D eigenvalue weighted by molar-refractivity contribution is 5.95. The largest absolute Gasteiger partial charge is 0.273 e. The predicted octanol–water partition coefficient (Wildman–Crippen LogP) is 9.13. The van der Waals surface area contributed by atoms with Gasteiger partial charge in [0.25, 0.3) is 0 Å². The number of fused-ring (bicyclic) bond motifs is 1. The van der Waals surface area contributed by atoms with Crippen molar-refractivity contribution in [2.45, 2.75) is 103 Å². The van der Waals surface area contributed by atoms with Crippen molar-refractivity contribution in [3.8, 4) is 47.4 Å². The van der Waals surface area contributed by atoms with Gasteiger partial charge in [-0.25, -0.2) is 93.1 Å². The number of carbonyl (C=O) groups is 4. The molecular formula is C72H67F3N16O4. The van der Waals surface area contributed by atoms with Crippen molar-refractivity contribution < 1.29 is 32.3 Å². The van der Waals surface area contributed by atoms with Crippen LogP contribution in [0, 0.1) is 64.8 Å². The van der Waals surface area contributed by atoms with E-state index in [1.54, 1.807) is 91.0 Å². The van der Waals surface area contributed by atoms with E-state index in [0.717, 1.165) is 30.5 Å². The lowest BCUT2D eigenvalue weighted by molar-refractivity contribution is -0.119. The van der Waals surface area contributed by atoms with Gasteiger partial charge < -0.3 is 0 Å². The number of rotatable bonds is 4. The third-order valence-electron chi connectivity index (χ3n) is 16.2. The molecule has 0 bridgehead atoms. The molecule has 1 unspecified atom stereocenters. The molecular weight excluding hydrogens is 1210 g/mol. The van der Waals surface area contributed by atoms with E-state index in [2.05, 4.69) is 92.2 Å². The van der Waals surface area contributed by atoms with E-state index in [9.17, 15) is 32.3 Å². The second-order valence-corrected chi connectivity index (χ2v) is 24.5. The first-order valence-corrected chi connectivity index (χ1v) is 30.4. The standard InChI is InChI=1S/C18H15FN4O.2C18H17FN4O.C18H18N4O/c19-15-7-5-13(6-8-15)3-4-14-11-20-18(21-12-14)23-17(24)10-16-2-1-9-22(16)23;1-18(2)10-16(24)23(22(18)3)17-20-11-14(12-21-17)5-4-13-6-8-15(19)9-7-13;1-18(2)10-16(24)23(22(18)3)17-20-11-14(12-21-17)8-7-13-5-4-6-15(19)9-13;1-18(2)11-16(23)22(21(18)3)17-19-12-15(13-20-17)10-9-14-7-5-4-6-8-14/h5-8,11-12,16H,1-2,9-10H2;6-9,11-12H,10H2,1-3H3;4-6,9,11-12H,10H2,1-3H3;4-8,12-13H,11H2,1-3H3.